The Morgan fingerprint density at radius 1 is 1.50 bits per heavy atom. The predicted octanol–water partition coefficient (Wildman–Crippen LogP) is 3.11. The van der Waals surface area contributed by atoms with Gasteiger partial charge in [0.2, 0.25) is 0 Å². The third-order valence-corrected chi connectivity index (χ3v) is 3.99. The normalized spacial score (nSPS) is 19.6. The van der Waals surface area contributed by atoms with Gasteiger partial charge in [0.25, 0.3) is 0 Å². The van der Waals surface area contributed by atoms with Crippen LogP contribution in [0.3, 0.4) is 0 Å². The van der Waals surface area contributed by atoms with Gasteiger partial charge < -0.3 is 10.6 Å². The van der Waals surface area contributed by atoms with Crippen LogP contribution >= 0.6 is 11.6 Å². The summed E-state index contributed by atoms with van der Waals surface area (Å²) < 4.78 is 0. The van der Waals surface area contributed by atoms with Gasteiger partial charge in [-0.15, -0.1) is 0 Å². The summed E-state index contributed by atoms with van der Waals surface area (Å²) in [6, 6.07) is 5.54. The van der Waals surface area contributed by atoms with Crippen molar-refractivity contribution in [3.8, 4) is 0 Å². The molecule has 1 aliphatic rings. The second kappa shape index (κ2) is 5.19. The molecule has 1 heterocycles. The van der Waals surface area contributed by atoms with Gasteiger partial charge in [-0.05, 0) is 36.5 Å². The number of halogens is 1. The number of benzene rings is 1. The molecule has 1 aromatic carbocycles. The summed E-state index contributed by atoms with van der Waals surface area (Å²) in [4.78, 5) is 2.30. The molecule has 1 aromatic rings. The monoisotopic (exact) mass is 265 g/mol. The lowest BCUT2D eigenvalue weighted by Gasteiger charge is -2.23. The van der Waals surface area contributed by atoms with E-state index in [2.05, 4.69) is 18.7 Å². The Morgan fingerprint density at radius 2 is 2.22 bits per heavy atom. The van der Waals surface area contributed by atoms with Crippen LogP contribution in [0.2, 0.25) is 5.02 Å². The minimum absolute atomic E-state index is 0.106. The first-order valence-electron chi connectivity index (χ1n) is 6.38. The van der Waals surface area contributed by atoms with Crippen molar-refractivity contribution in [2.24, 2.45) is 17.6 Å². The van der Waals surface area contributed by atoms with Gasteiger partial charge in [0.15, 0.2) is 0 Å². The van der Waals surface area contributed by atoms with E-state index in [1.54, 1.807) is 6.07 Å². The van der Waals surface area contributed by atoms with E-state index in [1.165, 1.54) is 6.42 Å². The molecular formula is C14H20ClN3. The minimum atomic E-state index is 0.106. The Morgan fingerprint density at radius 3 is 2.78 bits per heavy atom. The fraction of sp³-hybridized carbons (Fsp3) is 0.500. The van der Waals surface area contributed by atoms with Crippen LogP contribution in [0.4, 0.5) is 5.69 Å². The number of hydrogen-bond acceptors (Lipinski definition) is 2. The molecule has 1 saturated heterocycles. The Labute approximate surface area is 113 Å². The standard InChI is InChI=1S/C14H20ClN3/c1-9(2)10-5-6-18(8-10)13-7-11(15)3-4-12(13)14(16)17/h3-4,7,9-10H,5-6,8H2,1-2H3,(H3,16,17). The van der Waals surface area contributed by atoms with Crippen molar-refractivity contribution in [2.75, 3.05) is 18.0 Å². The number of nitrogens with zero attached hydrogens (tertiary/aromatic N) is 1. The van der Waals surface area contributed by atoms with E-state index in [-0.39, 0.29) is 5.84 Å². The second-order valence-corrected chi connectivity index (χ2v) is 5.75. The predicted molar refractivity (Wildman–Crippen MR) is 77.6 cm³/mol. The first kappa shape index (κ1) is 13.2. The maximum Gasteiger partial charge on any atom is 0.124 e. The van der Waals surface area contributed by atoms with Crippen LogP contribution in [0.15, 0.2) is 18.2 Å². The summed E-state index contributed by atoms with van der Waals surface area (Å²) >= 11 is 6.06. The zero-order chi connectivity index (χ0) is 13.3. The molecule has 1 atom stereocenters. The number of hydrogen-bond donors (Lipinski definition) is 2. The van der Waals surface area contributed by atoms with E-state index in [1.807, 2.05) is 12.1 Å². The number of rotatable bonds is 3. The molecule has 98 valence electrons. The van der Waals surface area contributed by atoms with Crippen molar-refractivity contribution in [3.63, 3.8) is 0 Å². The van der Waals surface area contributed by atoms with E-state index in [9.17, 15) is 0 Å². The van der Waals surface area contributed by atoms with E-state index < -0.39 is 0 Å². The lowest BCUT2D eigenvalue weighted by atomic mass is 9.95. The van der Waals surface area contributed by atoms with E-state index in [0.29, 0.717) is 16.9 Å². The van der Waals surface area contributed by atoms with Crippen LogP contribution in [0, 0.1) is 17.2 Å². The van der Waals surface area contributed by atoms with Crippen molar-refractivity contribution < 1.29 is 0 Å². The number of amidine groups is 1. The Balaban J connectivity index is 2.28. The number of nitrogens with two attached hydrogens (primary N) is 1. The highest BCUT2D eigenvalue weighted by Crippen LogP contribution is 2.32. The molecule has 2 rings (SSSR count). The second-order valence-electron chi connectivity index (χ2n) is 5.31. The lowest BCUT2D eigenvalue weighted by Crippen LogP contribution is -2.25. The van der Waals surface area contributed by atoms with E-state index in [4.69, 9.17) is 22.7 Å². The minimum Gasteiger partial charge on any atom is -0.384 e. The van der Waals surface area contributed by atoms with Crippen molar-refractivity contribution in [1.82, 2.24) is 0 Å². The highest BCUT2D eigenvalue weighted by atomic mass is 35.5. The van der Waals surface area contributed by atoms with Crippen molar-refractivity contribution in [3.05, 3.63) is 28.8 Å². The average molecular weight is 266 g/mol. The first-order chi connectivity index (χ1) is 8.49. The average Bonchev–Trinajstić information content (AvgIpc) is 2.77. The van der Waals surface area contributed by atoms with Gasteiger partial charge in [0.1, 0.15) is 5.84 Å². The molecule has 0 radical (unpaired) electrons. The molecular weight excluding hydrogens is 246 g/mol. The van der Waals surface area contributed by atoms with Gasteiger partial charge in [-0.1, -0.05) is 25.4 Å². The first-order valence-corrected chi connectivity index (χ1v) is 6.75. The summed E-state index contributed by atoms with van der Waals surface area (Å²) in [6.45, 7) is 6.57. The molecule has 1 aliphatic heterocycles. The van der Waals surface area contributed by atoms with E-state index >= 15 is 0 Å². The fourth-order valence-corrected chi connectivity index (χ4v) is 2.71. The largest absolute Gasteiger partial charge is 0.384 e. The van der Waals surface area contributed by atoms with Crippen molar-refractivity contribution in [2.45, 2.75) is 20.3 Å². The van der Waals surface area contributed by atoms with E-state index in [0.717, 1.165) is 24.3 Å². The van der Waals surface area contributed by atoms with Crippen LogP contribution in [0.25, 0.3) is 0 Å². The van der Waals surface area contributed by atoms with Crippen LogP contribution in [0.5, 0.6) is 0 Å². The Hall–Kier alpha value is -1.22. The van der Waals surface area contributed by atoms with Gasteiger partial charge in [0, 0.05) is 29.4 Å². The molecule has 4 heteroatoms. The molecule has 0 aliphatic carbocycles. The van der Waals surface area contributed by atoms with Gasteiger partial charge in [-0.2, -0.15) is 0 Å². The van der Waals surface area contributed by atoms with Crippen LogP contribution < -0.4 is 10.6 Å². The van der Waals surface area contributed by atoms with Crippen molar-refractivity contribution in [1.29, 1.82) is 5.41 Å². The van der Waals surface area contributed by atoms with Gasteiger partial charge >= 0.3 is 0 Å². The topological polar surface area (TPSA) is 53.1 Å². The van der Waals surface area contributed by atoms with Crippen molar-refractivity contribution >= 4 is 23.1 Å². The lowest BCUT2D eigenvalue weighted by molar-refractivity contribution is 0.423. The molecule has 3 nitrogen and oxygen atoms in total. The molecule has 18 heavy (non-hydrogen) atoms. The van der Waals surface area contributed by atoms with Crippen LogP contribution in [0.1, 0.15) is 25.8 Å². The summed E-state index contributed by atoms with van der Waals surface area (Å²) in [5, 5.41) is 8.35. The molecule has 1 unspecified atom stereocenters. The number of nitrogen functional groups attached to an aromatic ring is 1. The maximum absolute atomic E-state index is 7.65. The van der Waals surface area contributed by atoms with Crippen LogP contribution in [-0.4, -0.2) is 18.9 Å². The SMILES string of the molecule is CC(C)C1CCN(c2cc(Cl)ccc2C(=N)N)C1. The molecule has 0 amide bonds. The molecule has 0 spiro atoms. The third kappa shape index (κ3) is 2.61. The summed E-state index contributed by atoms with van der Waals surface area (Å²) in [5.74, 6) is 1.51. The molecule has 0 aromatic heterocycles. The highest BCUT2D eigenvalue weighted by Gasteiger charge is 2.26. The van der Waals surface area contributed by atoms with Gasteiger partial charge in [0.05, 0.1) is 0 Å². The fourth-order valence-electron chi connectivity index (χ4n) is 2.54. The molecule has 3 N–H and O–H groups in total. The van der Waals surface area contributed by atoms with Gasteiger partial charge in [-0.25, -0.2) is 0 Å². The molecule has 0 bridgehead atoms. The quantitative estimate of drug-likeness (QED) is 0.652. The Bertz CT molecular complexity index is 456. The van der Waals surface area contributed by atoms with Crippen LogP contribution in [-0.2, 0) is 0 Å². The zero-order valence-corrected chi connectivity index (χ0v) is 11.7. The summed E-state index contributed by atoms with van der Waals surface area (Å²) in [7, 11) is 0. The molecule has 1 fully saturated rings. The third-order valence-electron chi connectivity index (χ3n) is 3.76. The highest BCUT2D eigenvalue weighted by molar-refractivity contribution is 6.31. The Kier molecular flexibility index (Phi) is 3.81. The number of anilines is 1. The summed E-state index contributed by atoms with van der Waals surface area (Å²) in [6.07, 6.45) is 1.20. The summed E-state index contributed by atoms with van der Waals surface area (Å²) in [5.41, 5.74) is 7.42. The number of nitrogens with one attached hydrogen (secondary N) is 1. The van der Waals surface area contributed by atoms with Gasteiger partial charge in [-0.3, -0.25) is 5.41 Å². The maximum atomic E-state index is 7.65. The smallest absolute Gasteiger partial charge is 0.124 e. The zero-order valence-electron chi connectivity index (χ0n) is 10.9. The molecule has 0 saturated carbocycles.